The van der Waals surface area contributed by atoms with Crippen LogP contribution in [0.4, 0.5) is 4.39 Å². The average molecular weight is 462 g/mol. The van der Waals surface area contributed by atoms with E-state index in [1.54, 1.807) is 35.2 Å². The number of halogens is 1. The molecule has 1 aromatic heterocycles. The van der Waals surface area contributed by atoms with Gasteiger partial charge in [0.15, 0.2) is 17.3 Å². The van der Waals surface area contributed by atoms with Crippen LogP contribution in [-0.2, 0) is 16.7 Å². The summed E-state index contributed by atoms with van der Waals surface area (Å²) in [5.74, 6) is -0.990. The van der Waals surface area contributed by atoms with E-state index < -0.39 is 15.9 Å². The number of hydrogen-bond acceptors (Lipinski definition) is 6. The first-order valence-electron chi connectivity index (χ1n) is 9.97. The van der Waals surface area contributed by atoms with Crippen molar-refractivity contribution in [3.8, 4) is 11.5 Å². The minimum atomic E-state index is -4.33. The van der Waals surface area contributed by atoms with Crippen LogP contribution in [0.1, 0.15) is 36.4 Å². The van der Waals surface area contributed by atoms with E-state index in [1.165, 1.54) is 31.6 Å². The number of carbonyl (C=O) groups is 1. The van der Waals surface area contributed by atoms with Crippen LogP contribution in [0.15, 0.2) is 70.2 Å². The summed E-state index contributed by atoms with van der Waals surface area (Å²) >= 11 is 0. The molecule has 0 spiro atoms. The molecule has 1 atom stereocenters. The number of para-hydroxylation sites is 1. The van der Waals surface area contributed by atoms with Crippen molar-refractivity contribution >= 4 is 16.0 Å². The summed E-state index contributed by atoms with van der Waals surface area (Å²) in [6.07, 6.45) is 2.10. The fourth-order valence-corrected chi connectivity index (χ4v) is 4.04. The lowest BCUT2D eigenvalue weighted by Gasteiger charge is -2.28. The fraction of sp³-hybridized carbons (Fsp3) is 0.261. The standard InChI is InChI=1S/C23H24FNO6S/c1-4-16(2)25(23(26)22-10-7-13-30-22)15-17-8-5-6-9-20(17)31-32(27,28)18-11-12-21(29-3)19(24)14-18/h5-14,16H,4,15H2,1-3H3/t16-/m0/s1. The van der Waals surface area contributed by atoms with Crippen molar-refractivity contribution in [3.63, 3.8) is 0 Å². The first-order valence-corrected chi connectivity index (χ1v) is 11.4. The summed E-state index contributed by atoms with van der Waals surface area (Å²) in [5.41, 5.74) is 0.477. The molecule has 0 unspecified atom stereocenters. The molecule has 0 aliphatic carbocycles. The molecule has 0 saturated carbocycles. The van der Waals surface area contributed by atoms with Gasteiger partial charge in [0, 0.05) is 11.6 Å². The van der Waals surface area contributed by atoms with Crippen LogP contribution in [0.25, 0.3) is 0 Å². The van der Waals surface area contributed by atoms with Gasteiger partial charge in [-0.2, -0.15) is 8.42 Å². The second-order valence-corrected chi connectivity index (χ2v) is 8.66. The van der Waals surface area contributed by atoms with Crippen molar-refractivity contribution < 1.29 is 30.9 Å². The van der Waals surface area contributed by atoms with Gasteiger partial charge in [-0.15, -0.1) is 0 Å². The molecule has 0 fully saturated rings. The van der Waals surface area contributed by atoms with Gasteiger partial charge >= 0.3 is 10.1 Å². The van der Waals surface area contributed by atoms with Crippen molar-refractivity contribution in [1.29, 1.82) is 0 Å². The molecule has 170 valence electrons. The number of benzene rings is 2. The number of rotatable bonds is 9. The van der Waals surface area contributed by atoms with Crippen molar-refractivity contribution in [2.75, 3.05) is 7.11 Å². The van der Waals surface area contributed by atoms with Gasteiger partial charge in [-0.1, -0.05) is 25.1 Å². The maximum absolute atomic E-state index is 14.0. The maximum atomic E-state index is 14.0. The lowest BCUT2D eigenvalue weighted by Crippen LogP contribution is -2.37. The Hall–Kier alpha value is -3.33. The summed E-state index contributed by atoms with van der Waals surface area (Å²) in [6, 6.07) is 12.8. The van der Waals surface area contributed by atoms with Crippen LogP contribution in [-0.4, -0.2) is 32.4 Å². The minimum absolute atomic E-state index is 0.0456. The van der Waals surface area contributed by atoms with E-state index in [-0.39, 0.29) is 40.6 Å². The monoisotopic (exact) mass is 461 g/mol. The van der Waals surface area contributed by atoms with E-state index in [0.29, 0.717) is 12.0 Å². The first-order chi connectivity index (χ1) is 15.3. The molecule has 3 aromatic rings. The maximum Gasteiger partial charge on any atom is 0.339 e. The minimum Gasteiger partial charge on any atom is -0.494 e. The fourth-order valence-electron chi connectivity index (χ4n) is 3.06. The van der Waals surface area contributed by atoms with Gasteiger partial charge in [-0.3, -0.25) is 4.79 Å². The smallest absolute Gasteiger partial charge is 0.339 e. The first kappa shape index (κ1) is 23.3. The van der Waals surface area contributed by atoms with E-state index in [4.69, 9.17) is 13.3 Å². The molecular formula is C23H24FNO6S. The molecule has 7 nitrogen and oxygen atoms in total. The highest BCUT2D eigenvalue weighted by Crippen LogP contribution is 2.28. The molecule has 9 heteroatoms. The average Bonchev–Trinajstić information content (AvgIpc) is 3.32. The summed E-state index contributed by atoms with van der Waals surface area (Å²) in [5, 5.41) is 0. The Labute approximate surface area is 186 Å². The van der Waals surface area contributed by atoms with Gasteiger partial charge in [-0.05, 0) is 49.7 Å². The Balaban J connectivity index is 1.90. The molecule has 0 bridgehead atoms. The highest BCUT2D eigenvalue weighted by molar-refractivity contribution is 7.87. The predicted molar refractivity (Wildman–Crippen MR) is 116 cm³/mol. The Morgan fingerprint density at radius 3 is 2.50 bits per heavy atom. The third-order valence-electron chi connectivity index (χ3n) is 5.04. The number of hydrogen-bond donors (Lipinski definition) is 0. The largest absolute Gasteiger partial charge is 0.494 e. The highest BCUT2D eigenvalue weighted by Gasteiger charge is 2.26. The predicted octanol–water partition coefficient (Wildman–Crippen LogP) is 4.64. The lowest BCUT2D eigenvalue weighted by atomic mass is 10.1. The number of methoxy groups -OCH3 is 1. The van der Waals surface area contributed by atoms with Crippen molar-refractivity contribution in [3.05, 3.63) is 78.0 Å². The van der Waals surface area contributed by atoms with Crippen LogP contribution in [0.2, 0.25) is 0 Å². The molecular weight excluding hydrogens is 437 g/mol. The highest BCUT2D eigenvalue weighted by atomic mass is 32.2. The van der Waals surface area contributed by atoms with E-state index in [0.717, 1.165) is 6.07 Å². The lowest BCUT2D eigenvalue weighted by molar-refractivity contribution is 0.0638. The number of ether oxygens (including phenoxy) is 1. The van der Waals surface area contributed by atoms with Gasteiger partial charge in [0.1, 0.15) is 10.6 Å². The molecule has 32 heavy (non-hydrogen) atoms. The quantitative estimate of drug-likeness (QED) is 0.432. The normalized spacial score (nSPS) is 12.2. The second-order valence-electron chi connectivity index (χ2n) is 7.11. The van der Waals surface area contributed by atoms with Crippen LogP contribution < -0.4 is 8.92 Å². The molecule has 2 aromatic carbocycles. The number of carbonyl (C=O) groups excluding carboxylic acids is 1. The van der Waals surface area contributed by atoms with E-state index >= 15 is 0 Å². The molecule has 3 rings (SSSR count). The van der Waals surface area contributed by atoms with E-state index in [9.17, 15) is 17.6 Å². The second kappa shape index (κ2) is 9.86. The zero-order chi connectivity index (χ0) is 23.3. The SMILES string of the molecule is CC[C@H](C)N(Cc1ccccc1OS(=O)(=O)c1ccc(OC)c(F)c1)C(=O)c1ccco1. The summed E-state index contributed by atoms with van der Waals surface area (Å²) in [6.45, 7) is 3.93. The number of furan rings is 1. The summed E-state index contributed by atoms with van der Waals surface area (Å²) in [4.78, 5) is 14.2. The topological polar surface area (TPSA) is 86.0 Å². The van der Waals surface area contributed by atoms with Gasteiger partial charge in [0.05, 0.1) is 19.9 Å². The van der Waals surface area contributed by atoms with Crippen molar-refractivity contribution in [1.82, 2.24) is 4.90 Å². The molecule has 0 N–H and O–H groups in total. The van der Waals surface area contributed by atoms with Crippen molar-refractivity contribution in [2.24, 2.45) is 0 Å². The Morgan fingerprint density at radius 2 is 1.88 bits per heavy atom. The van der Waals surface area contributed by atoms with Gasteiger partial charge in [0.25, 0.3) is 5.91 Å². The van der Waals surface area contributed by atoms with E-state index in [2.05, 4.69) is 0 Å². The van der Waals surface area contributed by atoms with Crippen molar-refractivity contribution in [2.45, 2.75) is 37.8 Å². The van der Waals surface area contributed by atoms with E-state index in [1.807, 2.05) is 13.8 Å². The number of amides is 1. The zero-order valence-corrected chi connectivity index (χ0v) is 18.8. The van der Waals surface area contributed by atoms with Crippen LogP contribution >= 0.6 is 0 Å². The van der Waals surface area contributed by atoms with Crippen LogP contribution in [0.5, 0.6) is 11.5 Å². The number of nitrogens with zero attached hydrogens (tertiary/aromatic N) is 1. The van der Waals surface area contributed by atoms with Gasteiger partial charge < -0.3 is 18.2 Å². The molecule has 0 aliphatic heterocycles. The third kappa shape index (κ3) is 5.11. The Morgan fingerprint density at radius 1 is 1.12 bits per heavy atom. The summed E-state index contributed by atoms with van der Waals surface area (Å²) in [7, 11) is -3.04. The molecule has 1 amide bonds. The van der Waals surface area contributed by atoms with Gasteiger partial charge in [0.2, 0.25) is 0 Å². The zero-order valence-electron chi connectivity index (χ0n) is 17.9. The summed E-state index contributed by atoms with van der Waals surface area (Å²) < 4.78 is 55.0. The molecule has 0 saturated heterocycles. The van der Waals surface area contributed by atoms with Gasteiger partial charge in [-0.25, -0.2) is 4.39 Å². The molecule has 0 radical (unpaired) electrons. The van der Waals surface area contributed by atoms with Crippen LogP contribution in [0, 0.1) is 5.82 Å². The van der Waals surface area contributed by atoms with Crippen LogP contribution in [0.3, 0.4) is 0 Å². The third-order valence-corrected chi connectivity index (χ3v) is 6.27. The molecule has 1 heterocycles. The molecule has 0 aliphatic rings. The Kier molecular flexibility index (Phi) is 7.19. The Bertz CT molecular complexity index is 1180.